The standard InChI is InChI=1S/C18H13ClN2S/c19-16-9-8-15(22-16)17(18-20-10-11-21-18)14-7-3-5-12-4-1-2-6-13(12)14/h1-11,17H,(H,20,21). The molecule has 0 fully saturated rings. The third kappa shape index (κ3) is 2.32. The van der Waals surface area contributed by atoms with E-state index in [1.165, 1.54) is 21.2 Å². The van der Waals surface area contributed by atoms with Crippen LogP contribution in [-0.2, 0) is 0 Å². The van der Waals surface area contributed by atoms with Gasteiger partial charge < -0.3 is 4.98 Å². The number of nitrogens with zero attached hydrogens (tertiary/aromatic N) is 1. The van der Waals surface area contributed by atoms with Gasteiger partial charge in [-0.2, -0.15) is 0 Å². The summed E-state index contributed by atoms with van der Waals surface area (Å²) in [6.45, 7) is 0. The highest BCUT2D eigenvalue weighted by atomic mass is 35.5. The number of thiophene rings is 1. The van der Waals surface area contributed by atoms with Crippen LogP contribution in [0.25, 0.3) is 10.8 Å². The largest absolute Gasteiger partial charge is 0.348 e. The van der Waals surface area contributed by atoms with Crippen molar-refractivity contribution in [3.63, 3.8) is 0 Å². The predicted molar refractivity (Wildman–Crippen MR) is 92.8 cm³/mol. The van der Waals surface area contributed by atoms with E-state index in [2.05, 4.69) is 58.5 Å². The van der Waals surface area contributed by atoms with E-state index >= 15 is 0 Å². The topological polar surface area (TPSA) is 28.7 Å². The fourth-order valence-electron chi connectivity index (χ4n) is 2.86. The summed E-state index contributed by atoms with van der Waals surface area (Å²) < 4.78 is 0.798. The van der Waals surface area contributed by atoms with E-state index in [4.69, 9.17) is 11.6 Å². The Bertz CT molecular complexity index is 906. The van der Waals surface area contributed by atoms with Crippen molar-refractivity contribution in [1.29, 1.82) is 0 Å². The van der Waals surface area contributed by atoms with Gasteiger partial charge in [-0.3, -0.25) is 0 Å². The lowest BCUT2D eigenvalue weighted by molar-refractivity contribution is 0.910. The zero-order valence-corrected chi connectivity index (χ0v) is 13.2. The Labute approximate surface area is 137 Å². The van der Waals surface area contributed by atoms with Crippen molar-refractivity contribution in [2.45, 2.75) is 5.92 Å². The lowest BCUT2D eigenvalue weighted by atomic mass is 9.91. The van der Waals surface area contributed by atoms with Crippen LogP contribution >= 0.6 is 22.9 Å². The Morgan fingerprint density at radius 1 is 1.00 bits per heavy atom. The quantitative estimate of drug-likeness (QED) is 0.532. The molecule has 0 aliphatic heterocycles. The molecule has 108 valence electrons. The molecule has 2 heterocycles. The average Bonchev–Trinajstić information content (AvgIpc) is 3.20. The van der Waals surface area contributed by atoms with Gasteiger partial charge in [0.25, 0.3) is 0 Å². The summed E-state index contributed by atoms with van der Waals surface area (Å²) in [5.74, 6) is 1.01. The first-order valence-electron chi connectivity index (χ1n) is 7.05. The number of aromatic nitrogens is 2. The number of halogens is 1. The molecule has 0 spiro atoms. The summed E-state index contributed by atoms with van der Waals surface area (Å²) in [4.78, 5) is 8.95. The molecule has 0 radical (unpaired) electrons. The lowest BCUT2D eigenvalue weighted by Gasteiger charge is -2.16. The van der Waals surface area contributed by atoms with Gasteiger partial charge in [0, 0.05) is 17.3 Å². The second-order valence-electron chi connectivity index (χ2n) is 5.12. The number of nitrogens with one attached hydrogen (secondary N) is 1. The molecule has 2 nitrogen and oxygen atoms in total. The maximum absolute atomic E-state index is 6.16. The van der Waals surface area contributed by atoms with Gasteiger partial charge in [-0.15, -0.1) is 11.3 Å². The molecule has 4 rings (SSSR count). The minimum Gasteiger partial charge on any atom is -0.348 e. The molecule has 2 aromatic carbocycles. The molecule has 2 aromatic heterocycles. The summed E-state index contributed by atoms with van der Waals surface area (Å²) in [7, 11) is 0. The molecule has 0 saturated carbocycles. The van der Waals surface area contributed by atoms with Crippen LogP contribution in [0.3, 0.4) is 0 Å². The van der Waals surface area contributed by atoms with E-state index in [0.717, 1.165) is 10.2 Å². The maximum atomic E-state index is 6.16. The summed E-state index contributed by atoms with van der Waals surface area (Å²) in [6.07, 6.45) is 3.66. The van der Waals surface area contributed by atoms with Crippen LogP contribution in [0.15, 0.2) is 67.0 Å². The first kappa shape index (κ1) is 13.6. The van der Waals surface area contributed by atoms with Gasteiger partial charge >= 0.3 is 0 Å². The molecule has 1 unspecified atom stereocenters. The number of hydrogen-bond donors (Lipinski definition) is 1. The van der Waals surface area contributed by atoms with Crippen molar-refractivity contribution in [2.24, 2.45) is 0 Å². The number of rotatable bonds is 3. The van der Waals surface area contributed by atoms with E-state index in [-0.39, 0.29) is 5.92 Å². The van der Waals surface area contributed by atoms with Crippen LogP contribution in [0.1, 0.15) is 22.2 Å². The molecule has 0 amide bonds. The van der Waals surface area contributed by atoms with E-state index in [1.54, 1.807) is 17.5 Å². The number of hydrogen-bond acceptors (Lipinski definition) is 2. The molecule has 4 heteroatoms. The number of aromatic amines is 1. The highest BCUT2D eigenvalue weighted by Gasteiger charge is 2.22. The molecule has 4 aromatic rings. The van der Waals surface area contributed by atoms with Crippen molar-refractivity contribution in [1.82, 2.24) is 9.97 Å². The molecule has 1 atom stereocenters. The normalized spacial score (nSPS) is 12.6. The van der Waals surface area contributed by atoms with Crippen molar-refractivity contribution < 1.29 is 0 Å². The van der Waals surface area contributed by atoms with Crippen molar-refractivity contribution in [2.75, 3.05) is 0 Å². The van der Waals surface area contributed by atoms with Gasteiger partial charge in [-0.05, 0) is 28.5 Å². The molecule has 1 N–H and O–H groups in total. The Morgan fingerprint density at radius 3 is 2.64 bits per heavy atom. The van der Waals surface area contributed by atoms with Crippen molar-refractivity contribution in [3.05, 3.63) is 87.6 Å². The number of fused-ring (bicyclic) bond motifs is 1. The predicted octanol–water partition coefficient (Wildman–Crippen LogP) is 5.46. The first-order valence-corrected chi connectivity index (χ1v) is 8.24. The van der Waals surface area contributed by atoms with E-state index in [9.17, 15) is 0 Å². The van der Waals surface area contributed by atoms with Crippen LogP contribution in [0.4, 0.5) is 0 Å². The third-order valence-corrected chi connectivity index (χ3v) is 5.10. The van der Waals surface area contributed by atoms with Gasteiger partial charge in [-0.25, -0.2) is 4.98 Å². The molecule has 0 bridgehead atoms. The van der Waals surface area contributed by atoms with Crippen LogP contribution in [0, 0.1) is 0 Å². The highest BCUT2D eigenvalue weighted by Crippen LogP contribution is 2.38. The second kappa shape index (κ2) is 5.59. The minimum absolute atomic E-state index is 0.0681. The van der Waals surface area contributed by atoms with Crippen molar-refractivity contribution >= 4 is 33.7 Å². The summed E-state index contributed by atoms with van der Waals surface area (Å²) in [5.41, 5.74) is 1.24. The molecular weight excluding hydrogens is 312 g/mol. The summed E-state index contributed by atoms with van der Waals surface area (Å²) in [5, 5.41) is 2.48. The minimum atomic E-state index is 0.0681. The van der Waals surface area contributed by atoms with Crippen molar-refractivity contribution in [3.8, 4) is 0 Å². The van der Waals surface area contributed by atoms with E-state index in [1.807, 2.05) is 12.3 Å². The van der Waals surface area contributed by atoms with Crippen LogP contribution in [0.2, 0.25) is 4.34 Å². The van der Waals surface area contributed by atoms with Crippen LogP contribution in [0.5, 0.6) is 0 Å². The number of H-pyrrole nitrogens is 1. The Morgan fingerprint density at radius 2 is 1.86 bits per heavy atom. The monoisotopic (exact) mass is 324 g/mol. The summed E-state index contributed by atoms with van der Waals surface area (Å²) in [6, 6.07) is 18.9. The smallest absolute Gasteiger partial charge is 0.118 e. The average molecular weight is 325 g/mol. The third-order valence-electron chi connectivity index (χ3n) is 3.81. The molecule has 0 aliphatic rings. The van der Waals surface area contributed by atoms with Gasteiger partial charge in [0.1, 0.15) is 5.82 Å². The highest BCUT2D eigenvalue weighted by molar-refractivity contribution is 7.16. The molecule has 0 saturated heterocycles. The number of benzene rings is 2. The van der Waals surface area contributed by atoms with Gasteiger partial charge in [0.2, 0.25) is 0 Å². The Hall–Kier alpha value is -2.10. The zero-order chi connectivity index (χ0) is 14.9. The van der Waals surface area contributed by atoms with Gasteiger partial charge in [-0.1, -0.05) is 54.1 Å². The van der Waals surface area contributed by atoms with Crippen LogP contribution in [-0.4, -0.2) is 9.97 Å². The maximum Gasteiger partial charge on any atom is 0.118 e. The fraction of sp³-hybridized carbons (Fsp3) is 0.0556. The van der Waals surface area contributed by atoms with Gasteiger partial charge in [0.15, 0.2) is 0 Å². The Balaban J connectivity index is 1.97. The lowest BCUT2D eigenvalue weighted by Crippen LogP contribution is -2.04. The van der Waals surface area contributed by atoms with E-state index in [0.29, 0.717) is 0 Å². The van der Waals surface area contributed by atoms with Gasteiger partial charge in [0.05, 0.1) is 10.3 Å². The first-order chi connectivity index (χ1) is 10.8. The molecule has 22 heavy (non-hydrogen) atoms. The summed E-state index contributed by atoms with van der Waals surface area (Å²) >= 11 is 7.76. The van der Waals surface area contributed by atoms with E-state index < -0.39 is 0 Å². The molecule has 0 aliphatic carbocycles. The van der Waals surface area contributed by atoms with Crippen LogP contribution < -0.4 is 0 Å². The Kier molecular flexibility index (Phi) is 3.45. The fourth-order valence-corrected chi connectivity index (χ4v) is 4.04. The zero-order valence-electron chi connectivity index (χ0n) is 11.7. The molecular formula is C18H13ClN2S. The SMILES string of the molecule is Clc1ccc(C(c2ncc[nH]2)c2cccc3ccccc23)s1. The second-order valence-corrected chi connectivity index (χ2v) is 6.86. The number of imidazole rings is 1.